The van der Waals surface area contributed by atoms with Crippen molar-refractivity contribution in [3.05, 3.63) is 57.8 Å². The van der Waals surface area contributed by atoms with E-state index in [1.165, 1.54) is 17.4 Å². The summed E-state index contributed by atoms with van der Waals surface area (Å²) in [5.41, 5.74) is 0.717. The fourth-order valence-electron chi connectivity index (χ4n) is 1.66. The first-order valence-electron chi connectivity index (χ1n) is 6.59. The number of thiophene rings is 1. The van der Waals surface area contributed by atoms with E-state index in [1.54, 1.807) is 6.08 Å². The summed E-state index contributed by atoms with van der Waals surface area (Å²) in [5.74, 6) is -2.93. The Kier molecular flexibility index (Phi) is 5.59. The Morgan fingerprint density at radius 2 is 2.09 bits per heavy atom. The lowest BCUT2D eigenvalue weighted by molar-refractivity contribution is -0.142. The van der Waals surface area contributed by atoms with Crippen LogP contribution in [0, 0.1) is 18.6 Å². The number of ether oxygens (including phenoxy) is 1. The molecule has 1 heterocycles. The van der Waals surface area contributed by atoms with Gasteiger partial charge in [-0.15, -0.1) is 11.3 Å². The standard InChI is InChI=1S/C16H13F2NO3S/c1-10-6-7-23-14(10)4-5-16(21)22-9-15(20)19-13-8-11(17)2-3-12(13)18/h2-8H,9H2,1H3,(H,19,20)/b5-4+. The largest absolute Gasteiger partial charge is 0.452 e. The summed E-state index contributed by atoms with van der Waals surface area (Å²) >= 11 is 1.47. The maximum absolute atomic E-state index is 13.3. The lowest BCUT2D eigenvalue weighted by Gasteiger charge is -2.06. The number of esters is 1. The Bertz CT molecular complexity index is 756. The number of rotatable bonds is 5. The molecule has 0 radical (unpaired) electrons. The van der Waals surface area contributed by atoms with Gasteiger partial charge in [0, 0.05) is 17.0 Å². The molecule has 120 valence electrons. The zero-order valence-electron chi connectivity index (χ0n) is 12.1. The molecule has 1 aromatic heterocycles. The molecule has 2 aromatic rings. The van der Waals surface area contributed by atoms with Crippen LogP contribution in [0.5, 0.6) is 0 Å². The highest BCUT2D eigenvalue weighted by Gasteiger charge is 2.10. The zero-order chi connectivity index (χ0) is 16.8. The summed E-state index contributed by atoms with van der Waals surface area (Å²) in [6.07, 6.45) is 2.79. The lowest BCUT2D eigenvalue weighted by Crippen LogP contribution is -2.20. The third kappa shape index (κ3) is 5.00. The molecule has 0 aliphatic rings. The van der Waals surface area contributed by atoms with Crippen LogP contribution in [-0.4, -0.2) is 18.5 Å². The number of amides is 1. The number of hydrogen-bond acceptors (Lipinski definition) is 4. The highest BCUT2D eigenvalue weighted by Crippen LogP contribution is 2.17. The molecule has 0 atom stereocenters. The van der Waals surface area contributed by atoms with Crippen LogP contribution in [0.2, 0.25) is 0 Å². The maximum Gasteiger partial charge on any atom is 0.331 e. The second-order valence-corrected chi connectivity index (χ2v) is 5.53. The van der Waals surface area contributed by atoms with Gasteiger partial charge in [0.25, 0.3) is 5.91 Å². The number of nitrogens with one attached hydrogen (secondary N) is 1. The van der Waals surface area contributed by atoms with Gasteiger partial charge in [-0.05, 0) is 42.1 Å². The molecular weight excluding hydrogens is 324 g/mol. The first-order chi connectivity index (χ1) is 11.0. The summed E-state index contributed by atoms with van der Waals surface area (Å²) in [6, 6.07) is 4.58. The van der Waals surface area contributed by atoms with Crippen molar-refractivity contribution < 1.29 is 23.1 Å². The van der Waals surface area contributed by atoms with Crippen molar-refractivity contribution in [1.29, 1.82) is 0 Å². The molecule has 0 saturated carbocycles. The van der Waals surface area contributed by atoms with Gasteiger partial charge in [-0.2, -0.15) is 0 Å². The Labute approximate surface area is 135 Å². The minimum absolute atomic E-state index is 0.309. The smallest absolute Gasteiger partial charge is 0.331 e. The second-order valence-electron chi connectivity index (χ2n) is 4.58. The monoisotopic (exact) mass is 337 g/mol. The Morgan fingerprint density at radius 1 is 1.30 bits per heavy atom. The number of carbonyl (C=O) groups excluding carboxylic acids is 2. The highest BCUT2D eigenvalue weighted by atomic mass is 32.1. The van der Waals surface area contributed by atoms with Gasteiger partial charge in [0.15, 0.2) is 6.61 Å². The van der Waals surface area contributed by atoms with Gasteiger partial charge in [0.2, 0.25) is 0 Å². The molecular formula is C16H13F2NO3S. The first-order valence-corrected chi connectivity index (χ1v) is 7.47. The molecule has 0 fully saturated rings. The van der Waals surface area contributed by atoms with E-state index in [0.29, 0.717) is 0 Å². The zero-order valence-corrected chi connectivity index (χ0v) is 13.0. The lowest BCUT2D eigenvalue weighted by atomic mass is 10.3. The van der Waals surface area contributed by atoms with Crippen LogP contribution >= 0.6 is 11.3 Å². The maximum atomic E-state index is 13.3. The predicted molar refractivity (Wildman–Crippen MR) is 84.0 cm³/mol. The van der Waals surface area contributed by atoms with Crippen molar-refractivity contribution in [2.75, 3.05) is 11.9 Å². The van der Waals surface area contributed by atoms with Crippen LogP contribution in [0.25, 0.3) is 6.08 Å². The van der Waals surface area contributed by atoms with E-state index in [-0.39, 0.29) is 5.69 Å². The molecule has 0 bridgehead atoms. The number of carbonyl (C=O) groups is 2. The summed E-state index contributed by atoms with van der Waals surface area (Å²) in [4.78, 5) is 24.0. The van der Waals surface area contributed by atoms with E-state index in [4.69, 9.17) is 4.74 Å². The van der Waals surface area contributed by atoms with Crippen molar-refractivity contribution in [2.24, 2.45) is 0 Å². The molecule has 0 unspecified atom stereocenters. The Morgan fingerprint density at radius 3 is 2.78 bits per heavy atom. The van der Waals surface area contributed by atoms with Crippen LogP contribution in [-0.2, 0) is 14.3 Å². The van der Waals surface area contributed by atoms with Gasteiger partial charge in [-0.1, -0.05) is 0 Å². The van der Waals surface area contributed by atoms with Crippen molar-refractivity contribution in [3.8, 4) is 0 Å². The van der Waals surface area contributed by atoms with Gasteiger partial charge in [-0.3, -0.25) is 4.79 Å². The normalized spacial score (nSPS) is 10.7. The van der Waals surface area contributed by atoms with Crippen LogP contribution in [0.3, 0.4) is 0 Å². The van der Waals surface area contributed by atoms with E-state index in [0.717, 1.165) is 28.6 Å². The summed E-state index contributed by atoms with van der Waals surface area (Å²) in [7, 11) is 0. The third-order valence-electron chi connectivity index (χ3n) is 2.82. The van der Waals surface area contributed by atoms with Crippen LogP contribution in [0.4, 0.5) is 14.5 Å². The number of benzene rings is 1. The molecule has 4 nitrogen and oxygen atoms in total. The van der Waals surface area contributed by atoms with Gasteiger partial charge in [-0.25, -0.2) is 13.6 Å². The fourth-order valence-corrected chi connectivity index (χ4v) is 2.48. The predicted octanol–water partition coefficient (Wildman–Crippen LogP) is 3.53. The molecule has 0 aliphatic heterocycles. The average Bonchev–Trinajstić information content (AvgIpc) is 2.92. The Hall–Kier alpha value is -2.54. The molecule has 23 heavy (non-hydrogen) atoms. The molecule has 1 amide bonds. The average molecular weight is 337 g/mol. The number of hydrogen-bond donors (Lipinski definition) is 1. The van der Waals surface area contributed by atoms with Gasteiger partial charge in [0.05, 0.1) is 5.69 Å². The van der Waals surface area contributed by atoms with Crippen LogP contribution in [0.1, 0.15) is 10.4 Å². The van der Waals surface area contributed by atoms with E-state index < -0.39 is 30.1 Å². The van der Waals surface area contributed by atoms with Gasteiger partial charge < -0.3 is 10.1 Å². The number of halogens is 2. The topological polar surface area (TPSA) is 55.4 Å². The van der Waals surface area contributed by atoms with E-state index in [9.17, 15) is 18.4 Å². The minimum Gasteiger partial charge on any atom is -0.452 e. The minimum atomic E-state index is -0.779. The highest BCUT2D eigenvalue weighted by molar-refractivity contribution is 7.11. The van der Waals surface area contributed by atoms with E-state index >= 15 is 0 Å². The summed E-state index contributed by atoms with van der Waals surface area (Å²) < 4.78 is 31.0. The summed E-state index contributed by atoms with van der Waals surface area (Å²) in [5, 5.41) is 4.02. The molecule has 1 N–H and O–H groups in total. The third-order valence-corrected chi connectivity index (χ3v) is 3.80. The molecule has 1 aromatic carbocycles. The van der Waals surface area contributed by atoms with Gasteiger partial charge >= 0.3 is 5.97 Å². The molecule has 0 aliphatic carbocycles. The van der Waals surface area contributed by atoms with E-state index in [2.05, 4.69) is 5.32 Å². The van der Waals surface area contributed by atoms with Crippen LogP contribution in [0.15, 0.2) is 35.7 Å². The molecule has 0 saturated heterocycles. The molecule has 7 heteroatoms. The number of aryl methyl sites for hydroxylation is 1. The van der Waals surface area contributed by atoms with Crippen LogP contribution < -0.4 is 5.32 Å². The van der Waals surface area contributed by atoms with Crippen molar-refractivity contribution in [3.63, 3.8) is 0 Å². The molecule has 0 spiro atoms. The fraction of sp³-hybridized carbons (Fsp3) is 0.125. The Balaban J connectivity index is 1.84. The van der Waals surface area contributed by atoms with Crippen molar-refractivity contribution in [1.82, 2.24) is 0 Å². The number of anilines is 1. The van der Waals surface area contributed by atoms with Crippen molar-refractivity contribution in [2.45, 2.75) is 6.92 Å². The van der Waals surface area contributed by atoms with E-state index in [1.807, 2.05) is 18.4 Å². The molecule has 2 rings (SSSR count). The second kappa shape index (κ2) is 7.64. The van der Waals surface area contributed by atoms with Crippen molar-refractivity contribution >= 4 is 35.0 Å². The first kappa shape index (κ1) is 16.8. The SMILES string of the molecule is Cc1ccsc1/C=C/C(=O)OCC(=O)Nc1cc(F)ccc1F. The summed E-state index contributed by atoms with van der Waals surface area (Å²) in [6.45, 7) is 1.31. The van der Waals surface area contributed by atoms with Gasteiger partial charge in [0.1, 0.15) is 11.6 Å². The quantitative estimate of drug-likeness (QED) is 0.671.